The summed E-state index contributed by atoms with van der Waals surface area (Å²) in [6.45, 7) is 0. The molecule has 1 aliphatic rings. The number of hydrogen-bond acceptors (Lipinski definition) is 8. The van der Waals surface area contributed by atoms with Crippen LogP contribution in [0.4, 0.5) is 17.4 Å². The topological polar surface area (TPSA) is 119 Å². The number of ether oxygens (including phenoxy) is 1. The van der Waals surface area contributed by atoms with E-state index in [-0.39, 0.29) is 17.9 Å². The molecule has 0 spiro atoms. The van der Waals surface area contributed by atoms with Gasteiger partial charge in [0.25, 0.3) is 0 Å². The summed E-state index contributed by atoms with van der Waals surface area (Å²) in [7, 11) is 1.44. The predicted octanol–water partition coefficient (Wildman–Crippen LogP) is 4.30. The van der Waals surface area contributed by atoms with Crippen LogP contribution in [-0.2, 0) is 9.53 Å². The Kier molecular flexibility index (Phi) is 6.74. The van der Waals surface area contributed by atoms with Crippen LogP contribution in [-0.4, -0.2) is 34.2 Å². The summed E-state index contributed by atoms with van der Waals surface area (Å²) in [5.74, 6) is 0.127. The van der Waals surface area contributed by atoms with Crippen molar-refractivity contribution in [2.24, 2.45) is 5.92 Å². The molecule has 1 aromatic carbocycles. The highest BCUT2D eigenvalue weighted by atomic mass is 16.5. The number of pyridine rings is 1. The zero-order valence-corrected chi connectivity index (χ0v) is 17.8. The lowest BCUT2D eigenvalue weighted by Gasteiger charge is -2.28. The van der Waals surface area contributed by atoms with Crippen LogP contribution in [0.25, 0.3) is 0 Å². The largest absolute Gasteiger partial charge is 0.469 e. The van der Waals surface area contributed by atoms with Gasteiger partial charge in [0, 0.05) is 18.3 Å². The second-order valence-electron chi connectivity index (χ2n) is 7.85. The Balaban J connectivity index is 1.29. The fourth-order valence-corrected chi connectivity index (χ4v) is 3.97. The number of esters is 1. The van der Waals surface area contributed by atoms with Crippen LogP contribution in [0.5, 0.6) is 0 Å². The van der Waals surface area contributed by atoms with Gasteiger partial charge >= 0.3 is 23.8 Å². The van der Waals surface area contributed by atoms with Gasteiger partial charge in [0.1, 0.15) is 0 Å². The number of aromatic nitrogens is 3. The number of benzene rings is 1. The van der Waals surface area contributed by atoms with Crippen LogP contribution in [0, 0.1) is 5.92 Å². The smallest absolute Gasteiger partial charge is 0.320 e. The van der Waals surface area contributed by atoms with Crippen molar-refractivity contribution in [2.75, 3.05) is 17.7 Å². The molecule has 2 aromatic heterocycles. The molecule has 1 saturated carbocycles. The average molecular weight is 435 g/mol. The molecule has 32 heavy (non-hydrogen) atoms. The molecule has 0 bridgehead atoms. The van der Waals surface area contributed by atoms with Crippen LogP contribution in [0.1, 0.15) is 54.3 Å². The van der Waals surface area contributed by atoms with E-state index in [4.69, 9.17) is 9.15 Å². The maximum absolute atomic E-state index is 12.4. The normalized spacial score (nSPS) is 18.0. The highest BCUT2D eigenvalue weighted by Crippen LogP contribution is 2.37. The molecule has 9 heteroatoms. The van der Waals surface area contributed by atoms with Crippen molar-refractivity contribution in [3.8, 4) is 0 Å². The second kappa shape index (κ2) is 10.0. The van der Waals surface area contributed by atoms with Gasteiger partial charge in [-0.15, -0.1) is 5.10 Å². The van der Waals surface area contributed by atoms with Crippen molar-refractivity contribution in [1.82, 2.24) is 15.2 Å². The molecule has 166 valence electrons. The van der Waals surface area contributed by atoms with E-state index in [1.54, 1.807) is 24.5 Å². The number of nitrogens with zero attached hydrogens (tertiary/aromatic N) is 3. The summed E-state index contributed by atoms with van der Waals surface area (Å²) in [5, 5.41) is 13.3. The first kappa shape index (κ1) is 21.5. The molecule has 0 saturated heterocycles. The van der Waals surface area contributed by atoms with Crippen LogP contribution in [0.3, 0.4) is 0 Å². The number of carbonyl (C=O) groups is 2. The summed E-state index contributed by atoms with van der Waals surface area (Å²) in [5.41, 5.74) is 2.57. The molecule has 1 fully saturated rings. The van der Waals surface area contributed by atoms with Crippen molar-refractivity contribution >= 4 is 29.3 Å². The van der Waals surface area contributed by atoms with E-state index in [1.807, 2.05) is 24.3 Å². The van der Waals surface area contributed by atoms with Gasteiger partial charge in [0.2, 0.25) is 0 Å². The Labute approximate surface area is 185 Å². The molecule has 0 aliphatic heterocycles. The Morgan fingerprint density at radius 2 is 1.84 bits per heavy atom. The summed E-state index contributed by atoms with van der Waals surface area (Å²) in [4.78, 5) is 27.9. The van der Waals surface area contributed by atoms with Gasteiger partial charge in [-0.3, -0.25) is 14.6 Å². The first-order chi connectivity index (χ1) is 15.6. The molecule has 1 aliphatic carbocycles. The second-order valence-corrected chi connectivity index (χ2v) is 7.85. The number of carbonyl (C=O) groups excluding carboxylic acids is 2. The lowest BCUT2D eigenvalue weighted by Crippen LogP contribution is -2.17. The van der Waals surface area contributed by atoms with Crippen LogP contribution in [0.15, 0.2) is 53.2 Å². The fraction of sp³-hybridized carbons (Fsp3) is 0.348. The lowest BCUT2D eigenvalue weighted by atomic mass is 9.77. The van der Waals surface area contributed by atoms with Crippen LogP contribution < -0.4 is 10.6 Å². The van der Waals surface area contributed by atoms with Crippen molar-refractivity contribution in [3.05, 3.63) is 60.2 Å². The van der Waals surface area contributed by atoms with Gasteiger partial charge in [-0.2, -0.15) is 0 Å². The van der Waals surface area contributed by atoms with E-state index in [1.165, 1.54) is 12.7 Å². The average Bonchev–Trinajstić information content (AvgIpc) is 3.29. The number of nitrogens with one attached hydrogen (secondary N) is 2. The summed E-state index contributed by atoms with van der Waals surface area (Å²) in [6.07, 6.45) is 7.89. The van der Waals surface area contributed by atoms with E-state index in [0.717, 1.165) is 25.7 Å². The van der Waals surface area contributed by atoms with Gasteiger partial charge < -0.3 is 19.8 Å². The number of anilines is 3. The third-order valence-corrected chi connectivity index (χ3v) is 5.70. The van der Waals surface area contributed by atoms with Crippen LogP contribution >= 0.6 is 0 Å². The van der Waals surface area contributed by atoms with Crippen molar-refractivity contribution in [3.63, 3.8) is 0 Å². The molecular formula is C23H25N5O4. The molecule has 4 rings (SSSR count). The van der Waals surface area contributed by atoms with E-state index in [0.29, 0.717) is 29.6 Å². The maximum Gasteiger partial charge on any atom is 0.320 e. The molecule has 0 atom stereocenters. The van der Waals surface area contributed by atoms with Gasteiger partial charge in [0.05, 0.1) is 19.0 Å². The minimum Gasteiger partial charge on any atom is -0.469 e. The highest BCUT2D eigenvalue weighted by Gasteiger charge is 2.24. The van der Waals surface area contributed by atoms with E-state index in [2.05, 4.69) is 25.8 Å². The third kappa shape index (κ3) is 5.48. The van der Waals surface area contributed by atoms with Crippen molar-refractivity contribution in [1.29, 1.82) is 0 Å². The molecule has 1 amide bonds. The van der Waals surface area contributed by atoms with E-state index in [9.17, 15) is 9.59 Å². The van der Waals surface area contributed by atoms with Gasteiger partial charge in [-0.25, -0.2) is 0 Å². The number of rotatable bonds is 7. The molecule has 0 radical (unpaired) electrons. The van der Waals surface area contributed by atoms with Crippen molar-refractivity contribution in [2.45, 2.75) is 38.0 Å². The highest BCUT2D eigenvalue weighted by molar-refractivity contribution is 6.00. The van der Waals surface area contributed by atoms with Crippen LogP contribution in [0.2, 0.25) is 0 Å². The van der Waals surface area contributed by atoms with Gasteiger partial charge in [-0.05, 0) is 67.3 Å². The molecular weight excluding hydrogens is 410 g/mol. The third-order valence-electron chi connectivity index (χ3n) is 5.70. The van der Waals surface area contributed by atoms with Gasteiger partial charge in [-0.1, -0.05) is 17.2 Å². The van der Waals surface area contributed by atoms with Gasteiger partial charge in [0.15, 0.2) is 0 Å². The molecule has 2 N–H and O–H groups in total. The minimum absolute atomic E-state index is 0.112. The minimum atomic E-state index is -0.479. The quantitative estimate of drug-likeness (QED) is 0.527. The molecule has 0 unspecified atom stereocenters. The SMILES string of the molecule is COC(=O)CC1CCC(c2ccc(NC(=O)c3nnc(Nc4cccnc4)o3)cc2)CC1. The Hall–Kier alpha value is -3.75. The predicted molar refractivity (Wildman–Crippen MR) is 118 cm³/mol. The summed E-state index contributed by atoms with van der Waals surface area (Å²) >= 11 is 0. The molecule has 3 aromatic rings. The first-order valence-corrected chi connectivity index (χ1v) is 10.6. The molecule has 2 heterocycles. The first-order valence-electron chi connectivity index (χ1n) is 10.6. The zero-order valence-electron chi connectivity index (χ0n) is 17.8. The fourth-order valence-electron chi connectivity index (χ4n) is 3.97. The standard InChI is InChI=1S/C23H25N5O4/c1-31-20(29)13-15-4-6-16(7-5-15)17-8-10-18(11-9-17)25-21(30)22-27-28-23(32-22)26-19-3-2-12-24-14-19/h2-3,8-12,14-16H,4-7,13H2,1H3,(H,25,30)(H,26,28). The Morgan fingerprint density at radius 3 is 2.53 bits per heavy atom. The Bertz CT molecular complexity index is 1040. The summed E-state index contributed by atoms with van der Waals surface area (Å²) < 4.78 is 10.2. The zero-order chi connectivity index (χ0) is 22.3. The number of hydrogen-bond donors (Lipinski definition) is 2. The van der Waals surface area contributed by atoms with E-state index < -0.39 is 5.91 Å². The molecule has 9 nitrogen and oxygen atoms in total. The monoisotopic (exact) mass is 435 g/mol. The van der Waals surface area contributed by atoms with E-state index >= 15 is 0 Å². The lowest BCUT2D eigenvalue weighted by molar-refractivity contribution is -0.142. The van der Waals surface area contributed by atoms with Crippen molar-refractivity contribution < 1.29 is 18.7 Å². The summed E-state index contributed by atoms with van der Waals surface area (Å²) in [6, 6.07) is 11.5. The Morgan fingerprint density at radius 1 is 1.06 bits per heavy atom. The maximum atomic E-state index is 12.4. The number of methoxy groups -OCH3 is 1. The number of amides is 1.